The Morgan fingerprint density at radius 3 is 2.41 bits per heavy atom. The SMILES string of the molecule is Cc1ccc(N2C(=O)NC(=O)/C(=C\c3cc(Cl)c(OCc4ccccc4)c(Br)c3)C2=O)cc1C. The molecule has 0 saturated carbocycles. The highest BCUT2D eigenvalue weighted by molar-refractivity contribution is 9.10. The highest BCUT2D eigenvalue weighted by atomic mass is 79.9. The van der Waals surface area contributed by atoms with E-state index >= 15 is 0 Å². The van der Waals surface area contributed by atoms with Gasteiger partial charge >= 0.3 is 6.03 Å². The zero-order valence-corrected chi connectivity index (χ0v) is 20.7. The molecule has 1 fully saturated rings. The molecule has 0 aromatic heterocycles. The number of nitrogens with one attached hydrogen (secondary N) is 1. The highest BCUT2D eigenvalue weighted by Gasteiger charge is 2.37. The number of hydrogen-bond donors (Lipinski definition) is 1. The van der Waals surface area contributed by atoms with E-state index in [0.717, 1.165) is 21.6 Å². The summed E-state index contributed by atoms with van der Waals surface area (Å²) in [7, 11) is 0. The van der Waals surface area contributed by atoms with Crippen LogP contribution in [-0.4, -0.2) is 17.8 Å². The summed E-state index contributed by atoms with van der Waals surface area (Å²) in [4.78, 5) is 39.1. The van der Waals surface area contributed by atoms with E-state index in [0.29, 0.717) is 33.1 Å². The van der Waals surface area contributed by atoms with Crippen LogP contribution >= 0.6 is 27.5 Å². The molecule has 1 saturated heterocycles. The normalized spacial score (nSPS) is 15.0. The number of carbonyl (C=O) groups excluding carboxylic acids is 3. The van der Waals surface area contributed by atoms with Gasteiger partial charge in [-0.3, -0.25) is 14.9 Å². The first-order chi connectivity index (χ1) is 16.2. The predicted octanol–water partition coefficient (Wildman–Crippen LogP) is 5.96. The second-order valence-corrected chi connectivity index (χ2v) is 9.08. The lowest BCUT2D eigenvalue weighted by Crippen LogP contribution is -2.54. The Morgan fingerprint density at radius 1 is 1.00 bits per heavy atom. The second kappa shape index (κ2) is 9.83. The molecule has 0 bridgehead atoms. The van der Waals surface area contributed by atoms with Crippen LogP contribution in [0.4, 0.5) is 10.5 Å². The summed E-state index contributed by atoms with van der Waals surface area (Å²) in [6, 6.07) is 17.3. The summed E-state index contributed by atoms with van der Waals surface area (Å²) in [5.41, 5.74) is 3.62. The zero-order valence-electron chi connectivity index (χ0n) is 18.4. The van der Waals surface area contributed by atoms with Crippen LogP contribution in [-0.2, 0) is 16.2 Å². The van der Waals surface area contributed by atoms with Crippen molar-refractivity contribution in [1.29, 1.82) is 0 Å². The molecule has 0 spiro atoms. The van der Waals surface area contributed by atoms with Gasteiger partial charge in [-0.05, 0) is 82.4 Å². The lowest BCUT2D eigenvalue weighted by atomic mass is 10.0. The van der Waals surface area contributed by atoms with Crippen molar-refractivity contribution in [2.24, 2.45) is 0 Å². The number of halogens is 2. The molecule has 6 nitrogen and oxygen atoms in total. The van der Waals surface area contributed by atoms with E-state index in [1.54, 1.807) is 24.3 Å². The number of nitrogens with zero attached hydrogens (tertiary/aromatic N) is 1. The standard InChI is InChI=1S/C26H20BrClN2O4/c1-15-8-9-19(10-16(15)2)30-25(32)20(24(31)29-26(30)33)11-18-12-21(27)23(22(28)13-18)34-14-17-6-4-3-5-7-17/h3-13H,14H2,1-2H3,(H,29,31,33)/b20-11+. The minimum absolute atomic E-state index is 0.182. The molecule has 4 amide bonds. The van der Waals surface area contributed by atoms with Crippen molar-refractivity contribution in [3.05, 3.63) is 98.0 Å². The van der Waals surface area contributed by atoms with Crippen LogP contribution in [0.25, 0.3) is 6.08 Å². The van der Waals surface area contributed by atoms with Crippen molar-refractivity contribution in [2.45, 2.75) is 20.5 Å². The molecular formula is C26H20BrClN2O4. The summed E-state index contributed by atoms with van der Waals surface area (Å²) in [5, 5.41) is 2.54. The van der Waals surface area contributed by atoms with Gasteiger partial charge in [-0.15, -0.1) is 0 Å². The van der Waals surface area contributed by atoms with Crippen LogP contribution in [0.3, 0.4) is 0 Å². The number of ether oxygens (including phenoxy) is 1. The third-order valence-electron chi connectivity index (χ3n) is 5.41. The maximum absolute atomic E-state index is 13.2. The summed E-state index contributed by atoms with van der Waals surface area (Å²) >= 11 is 9.89. The van der Waals surface area contributed by atoms with Gasteiger partial charge in [0.2, 0.25) is 0 Å². The van der Waals surface area contributed by atoms with Gasteiger partial charge in [0, 0.05) is 0 Å². The van der Waals surface area contributed by atoms with Gasteiger partial charge in [-0.2, -0.15) is 0 Å². The summed E-state index contributed by atoms with van der Waals surface area (Å²) < 4.78 is 6.42. The van der Waals surface area contributed by atoms with E-state index in [4.69, 9.17) is 16.3 Å². The van der Waals surface area contributed by atoms with Gasteiger partial charge in [0.25, 0.3) is 11.8 Å². The Labute approximate surface area is 210 Å². The molecule has 0 unspecified atom stereocenters. The number of urea groups is 1. The Bertz CT molecular complexity index is 1310. The third-order valence-corrected chi connectivity index (χ3v) is 6.28. The average molecular weight is 540 g/mol. The molecule has 0 atom stereocenters. The number of amides is 4. The lowest BCUT2D eigenvalue weighted by Gasteiger charge is -2.27. The van der Waals surface area contributed by atoms with Gasteiger partial charge in [-0.25, -0.2) is 9.69 Å². The topological polar surface area (TPSA) is 75.7 Å². The number of benzene rings is 3. The Kier molecular flexibility index (Phi) is 6.86. The molecule has 3 aromatic carbocycles. The first-order valence-electron chi connectivity index (χ1n) is 10.4. The van der Waals surface area contributed by atoms with Crippen LogP contribution < -0.4 is 15.0 Å². The van der Waals surface area contributed by atoms with Gasteiger partial charge in [-0.1, -0.05) is 48.0 Å². The number of carbonyl (C=O) groups is 3. The summed E-state index contributed by atoms with van der Waals surface area (Å²) in [6.07, 6.45) is 1.40. The maximum atomic E-state index is 13.2. The monoisotopic (exact) mass is 538 g/mol. The largest absolute Gasteiger partial charge is 0.486 e. The summed E-state index contributed by atoms with van der Waals surface area (Å²) in [6.45, 7) is 4.14. The van der Waals surface area contributed by atoms with Crippen LogP contribution in [0.15, 0.2) is 70.7 Å². The fraction of sp³-hybridized carbons (Fsp3) is 0.115. The minimum Gasteiger partial charge on any atom is -0.486 e. The number of barbiturate groups is 1. The fourth-order valence-corrected chi connectivity index (χ4v) is 4.44. The maximum Gasteiger partial charge on any atom is 0.335 e. The van der Waals surface area contributed by atoms with Crippen LogP contribution in [0.2, 0.25) is 5.02 Å². The van der Waals surface area contributed by atoms with E-state index in [9.17, 15) is 14.4 Å². The zero-order chi connectivity index (χ0) is 24.4. The molecule has 0 radical (unpaired) electrons. The summed E-state index contributed by atoms with van der Waals surface area (Å²) in [5.74, 6) is -1.04. The van der Waals surface area contributed by atoms with Crippen molar-refractivity contribution >= 4 is 57.1 Å². The van der Waals surface area contributed by atoms with Crippen molar-refractivity contribution in [3.8, 4) is 5.75 Å². The number of imide groups is 2. The van der Waals surface area contributed by atoms with Crippen LogP contribution in [0, 0.1) is 13.8 Å². The Morgan fingerprint density at radius 2 is 1.74 bits per heavy atom. The molecule has 1 aliphatic heterocycles. The molecule has 0 aliphatic carbocycles. The van der Waals surface area contributed by atoms with E-state index in [2.05, 4.69) is 21.2 Å². The number of rotatable bonds is 5. The van der Waals surface area contributed by atoms with E-state index in [-0.39, 0.29) is 5.57 Å². The minimum atomic E-state index is -0.792. The van der Waals surface area contributed by atoms with Crippen LogP contribution in [0.1, 0.15) is 22.3 Å². The molecule has 1 N–H and O–H groups in total. The van der Waals surface area contributed by atoms with Crippen molar-refractivity contribution in [3.63, 3.8) is 0 Å². The predicted molar refractivity (Wildman–Crippen MR) is 135 cm³/mol. The fourth-order valence-electron chi connectivity index (χ4n) is 3.45. The quantitative estimate of drug-likeness (QED) is 0.320. The lowest BCUT2D eigenvalue weighted by molar-refractivity contribution is -0.122. The first kappa shape index (κ1) is 23.7. The highest BCUT2D eigenvalue weighted by Crippen LogP contribution is 2.36. The Hall–Kier alpha value is -3.42. The average Bonchev–Trinajstić information content (AvgIpc) is 2.79. The first-order valence-corrected chi connectivity index (χ1v) is 11.6. The Balaban J connectivity index is 1.63. The molecule has 1 aliphatic rings. The number of hydrogen-bond acceptors (Lipinski definition) is 4. The smallest absolute Gasteiger partial charge is 0.335 e. The molecule has 1 heterocycles. The number of aryl methyl sites for hydroxylation is 2. The van der Waals surface area contributed by atoms with E-state index in [1.165, 1.54) is 6.08 Å². The second-order valence-electron chi connectivity index (χ2n) is 7.81. The van der Waals surface area contributed by atoms with Crippen LogP contribution in [0.5, 0.6) is 5.75 Å². The molecule has 3 aromatic rings. The van der Waals surface area contributed by atoms with Gasteiger partial charge in [0.05, 0.1) is 15.2 Å². The molecule has 4 rings (SSSR count). The molecule has 172 valence electrons. The number of anilines is 1. The van der Waals surface area contributed by atoms with Gasteiger partial charge in [0.1, 0.15) is 12.2 Å². The third kappa shape index (κ3) is 4.90. The van der Waals surface area contributed by atoms with Gasteiger partial charge < -0.3 is 4.74 Å². The van der Waals surface area contributed by atoms with Crippen molar-refractivity contribution in [2.75, 3.05) is 4.90 Å². The van der Waals surface area contributed by atoms with E-state index < -0.39 is 17.8 Å². The molecule has 34 heavy (non-hydrogen) atoms. The molecule has 8 heteroatoms. The van der Waals surface area contributed by atoms with Crippen molar-refractivity contribution in [1.82, 2.24) is 5.32 Å². The molecular weight excluding hydrogens is 520 g/mol. The van der Waals surface area contributed by atoms with E-state index in [1.807, 2.05) is 50.2 Å². The van der Waals surface area contributed by atoms with Gasteiger partial charge in [0.15, 0.2) is 5.75 Å². The van der Waals surface area contributed by atoms with Crippen molar-refractivity contribution < 1.29 is 19.1 Å².